The molecule has 0 saturated heterocycles. The van der Waals surface area contributed by atoms with Gasteiger partial charge in [0.15, 0.2) is 5.78 Å². The summed E-state index contributed by atoms with van der Waals surface area (Å²) in [6.45, 7) is 4.15. The van der Waals surface area contributed by atoms with Gasteiger partial charge in [-0.25, -0.2) is 0 Å². The molecule has 1 unspecified atom stereocenters. The summed E-state index contributed by atoms with van der Waals surface area (Å²) in [4.78, 5) is 16.8. The number of aliphatic hydroxyl groups is 1. The van der Waals surface area contributed by atoms with E-state index in [0.717, 1.165) is 16.2 Å². The third kappa shape index (κ3) is 4.91. The fourth-order valence-electron chi connectivity index (χ4n) is 5.41. The van der Waals surface area contributed by atoms with Crippen molar-refractivity contribution >= 4 is 58.0 Å². The van der Waals surface area contributed by atoms with Gasteiger partial charge in [0.25, 0.3) is 0 Å². The average molecular weight is 564 g/mol. The SMILES string of the molecule is CSc1ccc(C2C3=C(CC(C)(C)CC3=O)N(c3cccc(Cl)c3)C(=N)/C2=C(/O)c2ccc(Cl)cc2)cc1. The lowest BCUT2D eigenvalue weighted by Crippen LogP contribution is -2.45. The Labute approximate surface area is 237 Å². The molecule has 0 saturated carbocycles. The van der Waals surface area contributed by atoms with Crippen LogP contribution in [0.4, 0.5) is 5.69 Å². The summed E-state index contributed by atoms with van der Waals surface area (Å²) in [5.74, 6) is -0.510. The van der Waals surface area contributed by atoms with Crippen molar-refractivity contribution in [1.82, 2.24) is 0 Å². The number of halogens is 2. The van der Waals surface area contributed by atoms with Crippen LogP contribution in [-0.4, -0.2) is 23.0 Å². The highest BCUT2D eigenvalue weighted by atomic mass is 35.5. The highest BCUT2D eigenvalue weighted by Gasteiger charge is 2.46. The van der Waals surface area contributed by atoms with Crippen LogP contribution in [0.1, 0.15) is 43.7 Å². The van der Waals surface area contributed by atoms with Crippen LogP contribution in [0.15, 0.2) is 94.5 Å². The third-order valence-electron chi connectivity index (χ3n) is 7.11. The highest BCUT2D eigenvalue weighted by molar-refractivity contribution is 7.98. The average Bonchev–Trinajstić information content (AvgIpc) is 2.87. The number of anilines is 1. The molecule has 4 nitrogen and oxygen atoms in total. The van der Waals surface area contributed by atoms with Crippen molar-refractivity contribution in [3.63, 3.8) is 0 Å². The van der Waals surface area contributed by atoms with Gasteiger partial charge in [-0.1, -0.05) is 55.2 Å². The third-order valence-corrected chi connectivity index (χ3v) is 8.34. The smallest absolute Gasteiger partial charge is 0.162 e. The molecule has 2 N–H and O–H groups in total. The number of Topliss-reactive ketones (excluding diaryl/α,β-unsaturated/α-hetero) is 1. The first kappa shape index (κ1) is 26.6. The summed E-state index contributed by atoms with van der Waals surface area (Å²) in [6, 6.07) is 22.2. The molecule has 0 spiro atoms. The van der Waals surface area contributed by atoms with Crippen LogP contribution in [-0.2, 0) is 4.79 Å². The summed E-state index contributed by atoms with van der Waals surface area (Å²) in [6.07, 6.45) is 3.01. The van der Waals surface area contributed by atoms with Crippen molar-refractivity contribution < 1.29 is 9.90 Å². The van der Waals surface area contributed by atoms with E-state index >= 15 is 0 Å². The van der Waals surface area contributed by atoms with E-state index in [2.05, 4.69) is 13.8 Å². The molecule has 0 radical (unpaired) electrons. The van der Waals surface area contributed by atoms with Gasteiger partial charge in [0, 0.05) is 55.4 Å². The number of thioether (sulfide) groups is 1. The zero-order chi connectivity index (χ0) is 27.2. The van der Waals surface area contributed by atoms with Gasteiger partial charge in [-0.15, -0.1) is 11.8 Å². The van der Waals surface area contributed by atoms with E-state index in [1.54, 1.807) is 53.1 Å². The summed E-state index contributed by atoms with van der Waals surface area (Å²) in [7, 11) is 0. The van der Waals surface area contributed by atoms with Crippen molar-refractivity contribution in [2.45, 2.75) is 37.5 Å². The molecular weight excluding hydrogens is 535 g/mol. The predicted octanol–water partition coefficient (Wildman–Crippen LogP) is 8.91. The molecule has 38 heavy (non-hydrogen) atoms. The number of amidine groups is 1. The molecule has 0 fully saturated rings. The molecule has 1 heterocycles. The normalized spacial score (nSPS) is 20.4. The van der Waals surface area contributed by atoms with Crippen molar-refractivity contribution in [2.75, 3.05) is 11.2 Å². The predicted molar refractivity (Wildman–Crippen MR) is 159 cm³/mol. The van der Waals surface area contributed by atoms with Crippen molar-refractivity contribution in [3.05, 3.63) is 111 Å². The Balaban J connectivity index is 1.84. The van der Waals surface area contributed by atoms with Crippen LogP contribution in [0.25, 0.3) is 5.76 Å². The second-order valence-corrected chi connectivity index (χ2v) is 12.2. The van der Waals surface area contributed by atoms with Gasteiger partial charge in [-0.3, -0.25) is 15.1 Å². The molecule has 7 heteroatoms. The standard InChI is InChI=1S/C31H28Cl2N2O2S/c1-31(2)16-24-27(25(36)17-31)26(18-9-13-23(38-3)14-10-18)28(29(37)19-7-11-20(32)12-8-19)30(34)35(24)22-6-4-5-21(33)15-22/h4-15,26,34,37H,16-17H2,1-3H3/b29-28+,34-30?. The number of benzene rings is 3. The first-order chi connectivity index (χ1) is 18.1. The van der Waals surface area contributed by atoms with Gasteiger partial charge in [0.1, 0.15) is 11.6 Å². The Morgan fingerprint density at radius 3 is 2.32 bits per heavy atom. The summed E-state index contributed by atoms with van der Waals surface area (Å²) in [5.41, 5.74) is 3.56. The van der Waals surface area contributed by atoms with Gasteiger partial charge >= 0.3 is 0 Å². The fourth-order valence-corrected chi connectivity index (χ4v) is 6.13. The monoisotopic (exact) mass is 562 g/mol. The molecule has 2 aliphatic rings. The maximum atomic E-state index is 13.9. The first-order valence-corrected chi connectivity index (χ1v) is 14.3. The molecule has 5 rings (SSSR count). The fraction of sp³-hybridized carbons (Fsp3) is 0.226. The number of carbonyl (C=O) groups is 1. The molecule has 3 aromatic carbocycles. The number of nitrogens with one attached hydrogen (secondary N) is 1. The number of hydrogen-bond acceptors (Lipinski definition) is 4. The number of nitrogens with zero attached hydrogens (tertiary/aromatic N) is 1. The summed E-state index contributed by atoms with van der Waals surface area (Å²) < 4.78 is 0. The number of carbonyl (C=O) groups excluding carboxylic acids is 1. The molecule has 1 aliphatic carbocycles. The number of allylic oxidation sites excluding steroid dienone is 2. The van der Waals surface area contributed by atoms with Gasteiger partial charge in [-0.2, -0.15) is 0 Å². The van der Waals surface area contributed by atoms with Crippen molar-refractivity contribution in [1.29, 1.82) is 5.41 Å². The minimum Gasteiger partial charge on any atom is -0.507 e. The topological polar surface area (TPSA) is 64.4 Å². The summed E-state index contributed by atoms with van der Waals surface area (Å²) >= 11 is 14.1. The first-order valence-electron chi connectivity index (χ1n) is 12.3. The Bertz CT molecular complexity index is 1490. The Kier molecular flexibility index (Phi) is 7.21. The van der Waals surface area contributed by atoms with E-state index in [-0.39, 0.29) is 22.8 Å². The number of hydrogen-bond donors (Lipinski definition) is 2. The van der Waals surface area contributed by atoms with Gasteiger partial charge in [0.05, 0.1) is 0 Å². The lowest BCUT2D eigenvalue weighted by atomic mass is 9.67. The zero-order valence-electron chi connectivity index (χ0n) is 21.4. The minimum absolute atomic E-state index is 0.0242. The maximum absolute atomic E-state index is 13.9. The number of rotatable bonds is 4. The van der Waals surface area contributed by atoms with Crippen LogP contribution in [0, 0.1) is 10.8 Å². The molecule has 0 aromatic heterocycles. The molecular formula is C31H28Cl2N2O2S. The maximum Gasteiger partial charge on any atom is 0.162 e. The van der Waals surface area contributed by atoms with Crippen LogP contribution < -0.4 is 4.90 Å². The van der Waals surface area contributed by atoms with Crippen molar-refractivity contribution in [2.24, 2.45) is 5.41 Å². The molecule has 0 bridgehead atoms. The Morgan fingerprint density at radius 2 is 1.68 bits per heavy atom. The van der Waals surface area contributed by atoms with E-state index in [9.17, 15) is 15.3 Å². The lowest BCUT2D eigenvalue weighted by Gasteiger charge is -2.45. The Morgan fingerprint density at radius 1 is 1.00 bits per heavy atom. The van der Waals surface area contributed by atoms with Crippen LogP contribution in [0.5, 0.6) is 0 Å². The van der Waals surface area contributed by atoms with E-state index in [1.807, 2.05) is 42.7 Å². The number of aliphatic hydroxyl groups excluding tert-OH is 1. The van der Waals surface area contributed by atoms with E-state index in [1.165, 1.54) is 0 Å². The van der Waals surface area contributed by atoms with Gasteiger partial charge in [-0.05, 0) is 78.3 Å². The van der Waals surface area contributed by atoms with Crippen LogP contribution >= 0.6 is 35.0 Å². The second kappa shape index (κ2) is 10.3. The Hall–Kier alpha value is -2.99. The molecule has 194 valence electrons. The zero-order valence-corrected chi connectivity index (χ0v) is 23.7. The second-order valence-electron chi connectivity index (χ2n) is 10.4. The molecule has 3 aromatic rings. The highest BCUT2D eigenvalue weighted by Crippen LogP contribution is 2.51. The minimum atomic E-state index is -0.594. The summed E-state index contributed by atoms with van der Waals surface area (Å²) in [5, 5.41) is 22.3. The molecule has 1 atom stereocenters. The lowest BCUT2D eigenvalue weighted by molar-refractivity contribution is -0.118. The van der Waals surface area contributed by atoms with Gasteiger partial charge < -0.3 is 5.11 Å². The van der Waals surface area contributed by atoms with E-state index < -0.39 is 5.92 Å². The molecule has 1 aliphatic heterocycles. The van der Waals surface area contributed by atoms with Crippen LogP contribution in [0.3, 0.4) is 0 Å². The van der Waals surface area contributed by atoms with E-state index in [4.69, 9.17) is 23.2 Å². The van der Waals surface area contributed by atoms with Crippen LogP contribution in [0.2, 0.25) is 10.0 Å². The van der Waals surface area contributed by atoms with Gasteiger partial charge in [0.2, 0.25) is 0 Å². The van der Waals surface area contributed by atoms with E-state index in [0.29, 0.717) is 45.3 Å². The largest absolute Gasteiger partial charge is 0.507 e. The quantitative estimate of drug-likeness (QED) is 0.246. The molecule has 0 amide bonds. The number of ketones is 1. The van der Waals surface area contributed by atoms with Crippen molar-refractivity contribution in [3.8, 4) is 0 Å².